The maximum absolute atomic E-state index is 12.3. The van der Waals surface area contributed by atoms with Gasteiger partial charge in [-0.1, -0.05) is 6.92 Å². The van der Waals surface area contributed by atoms with Gasteiger partial charge in [0, 0.05) is 25.7 Å². The molecule has 1 unspecified atom stereocenters. The van der Waals surface area contributed by atoms with Crippen molar-refractivity contribution in [3.63, 3.8) is 0 Å². The van der Waals surface area contributed by atoms with Crippen LogP contribution in [0.25, 0.3) is 0 Å². The highest BCUT2D eigenvalue weighted by Crippen LogP contribution is 2.22. The molecular weight excluding hydrogens is 306 g/mol. The molecule has 0 spiro atoms. The van der Waals surface area contributed by atoms with E-state index in [1.807, 2.05) is 6.26 Å². The minimum atomic E-state index is -3.29. The Labute approximate surface area is 133 Å². The fourth-order valence-corrected chi connectivity index (χ4v) is 4.71. The molecule has 1 saturated carbocycles. The van der Waals surface area contributed by atoms with Gasteiger partial charge in [0.15, 0.2) is 0 Å². The molecule has 1 heterocycles. The number of nitrogens with zero attached hydrogens (tertiary/aromatic N) is 1. The Morgan fingerprint density at radius 1 is 1.24 bits per heavy atom. The van der Waals surface area contributed by atoms with Gasteiger partial charge in [-0.3, -0.25) is 0 Å². The third-order valence-electron chi connectivity index (χ3n) is 4.25. The smallest absolute Gasteiger partial charge is 0.279 e. The molecule has 2 N–H and O–H groups in total. The molecule has 7 heteroatoms. The van der Waals surface area contributed by atoms with Gasteiger partial charge >= 0.3 is 0 Å². The molecule has 0 radical (unpaired) electrons. The fourth-order valence-electron chi connectivity index (χ4n) is 2.66. The van der Waals surface area contributed by atoms with Crippen molar-refractivity contribution in [2.75, 3.05) is 38.2 Å². The summed E-state index contributed by atoms with van der Waals surface area (Å²) in [7, 11) is -3.29. The number of rotatable bonds is 9. The summed E-state index contributed by atoms with van der Waals surface area (Å²) in [6.45, 7) is 4.98. The van der Waals surface area contributed by atoms with Gasteiger partial charge in [-0.05, 0) is 56.1 Å². The number of hydrogen-bond acceptors (Lipinski definition) is 4. The van der Waals surface area contributed by atoms with Crippen LogP contribution >= 0.6 is 11.8 Å². The number of thioether (sulfide) groups is 1. The lowest BCUT2D eigenvalue weighted by atomic mass is 9.98. The Morgan fingerprint density at radius 2 is 1.90 bits per heavy atom. The second kappa shape index (κ2) is 8.15. The van der Waals surface area contributed by atoms with Crippen LogP contribution in [0.2, 0.25) is 0 Å². The zero-order chi connectivity index (χ0) is 15.3. The fraction of sp³-hybridized carbons (Fsp3) is 1.00. The average Bonchev–Trinajstić information content (AvgIpc) is 3.28. The summed E-state index contributed by atoms with van der Waals surface area (Å²) in [5.41, 5.74) is 0. The monoisotopic (exact) mass is 335 g/mol. The predicted octanol–water partition coefficient (Wildman–Crippen LogP) is 1.28. The van der Waals surface area contributed by atoms with Crippen LogP contribution in [0.3, 0.4) is 0 Å². The van der Waals surface area contributed by atoms with Crippen LogP contribution in [0.4, 0.5) is 0 Å². The third kappa shape index (κ3) is 6.06. The predicted molar refractivity (Wildman–Crippen MR) is 89.8 cm³/mol. The lowest BCUT2D eigenvalue weighted by Crippen LogP contribution is -2.47. The van der Waals surface area contributed by atoms with E-state index in [4.69, 9.17) is 0 Å². The maximum atomic E-state index is 12.3. The minimum Gasteiger partial charge on any atom is -0.314 e. The van der Waals surface area contributed by atoms with Crippen LogP contribution in [-0.2, 0) is 10.2 Å². The highest BCUT2D eigenvalue weighted by Gasteiger charge is 2.29. The van der Waals surface area contributed by atoms with E-state index in [9.17, 15) is 8.42 Å². The van der Waals surface area contributed by atoms with Crippen molar-refractivity contribution in [2.24, 2.45) is 11.8 Å². The Morgan fingerprint density at radius 3 is 2.48 bits per heavy atom. The molecule has 2 fully saturated rings. The van der Waals surface area contributed by atoms with E-state index in [1.54, 1.807) is 16.1 Å². The number of piperidine rings is 1. The molecule has 0 aromatic carbocycles. The Kier molecular flexibility index (Phi) is 6.80. The van der Waals surface area contributed by atoms with E-state index in [-0.39, 0.29) is 0 Å². The number of nitrogens with one attached hydrogen (secondary N) is 2. The molecule has 0 bridgehead atoms. The SMILES string of the molecule is CSCC(C)CNS(=O)(=O)N1CCC(CNC2CC2)CC1. The Hall–Kier alpha value is 0.180. The summed E-state index contributed by atoms with van der Waals surface area (Å²) >= 11 is 1.75. The first-order chi connectivity index (χ1) is 10.0. The number of hydrogen-bond donors (Lipinski definition) is 2. The topological polar surface area (TPSA) is 61.4 Å². The van der Waals surface area contributed by atoms with Gasteiger partial charge in [0.05, 0.1) is 0 Å². The zero-order valence-corrected chi connectivity index (χ0v) is 14.8. The molecule has 5 nitrogen and oxygen atoms in total. The van der Waals surface area contributed by atoms with Gasteiger partial charge in [0.1, 0.15) is 0 Å². The van der Waals surface area contributed by atoms with E-state index in [0.717, 1.165) is 31.2 Å². The normalized spacial score (nSPS) is 23.3. The van der Waals surface area contributed by atoms with E-state index in [0.29, 0.717) is 31.5 Å². The first-order valence-electron chi connectivity index (χ1n) is 7.98. The summed E-state index contributed by atoms with van der Waals surface area (Å²) in [5.74, 6) is 1.99. The molecule has 0 aromatic rings. The van der Waals surface area contributed by atoms with Crippen LogP contribution in [0.15, 0.2) is 0 Å². The van der Waals surface area contributed by atoms with Crippen LogP contribution in [0, 0.1) is 11.8 Å². The van der Waals surface area contributed by atoms with Gasteiger partial charge in [-0.2, -0.15) is 24.5 Å². The molecule has 1 aliphatic carbocycles. The van der Waals surface area contributed by atoms with Crippen LogP contribution < -0.4 is 10.0 Å². The molecule has 1 atom stereocenters. The largest absolute Gasteiger partial charge is 0.314 e. The maximum Gasteiger partial charge on any atom is 0.279 e. The highest BCUT2D eigenvalue weighted by molar-refractivity contribution is 7.98. The van der Waals surface area contributed by atoms with Gasteiger partial charge in [-0.15, -0.1) is 0 Å². The third-order valence-corrected chi connectivity index (χ3v) is 6.73. The van der Waals surface area contributed by atoms with Crippen LogP contribution in [0.1, 0.15) is 32.6 Å². The van der Waals surface area contributed by atoms with Gasteiger partial charge in [0.2, 0.25) is 0 Å². The molecule has 0 aromatic heterocycles. The minimum absolute atomic E-state index is 0.370. The standard InChI is InChI=1S/C14H29N3O2S2/c1-12(11-20-2)9-16-21(18,19)17-7-5-13(6-8-17)10-15-14-3-4-14/h12-16H,3-11H2,1-2H3. The zero-order valence-electron chi connectivity index (χ0n) is 13.2. The summed E-state index contributed by atoms with van der Waals surface area (Å²) in [6, 6.07) is 0.742. The van der Waals surface area contributed by atoms with E-state index in [2.05, 4.69) is 17.0 Å². The van der Waals surface area contributed by atoms with Gasteiger partial charge in [0.25, 0.3) is 10.2 Å². The Bertz CT molecular complexity index is 404. The quantitative estimate of drug-likeness (QED) is 0.666. The van der Waals surface area contributed by atoms with Gasteiger partial charge < -0.3 is 5.32 Å². The van der Waals surface area contributed by atoms with Crippen molar-refractivity contribution in [3.8, 4) is 0 Å². The van der Waals surface area contributed by atoms with Crippen molar-refractivity contribution < 1.29 is 8.42 Å². The van der Waals surface area contributed by atoms with E-state index in [1.165, 1.54) is 12.8 Å². The molecule has 2 rings (SSSR count). The average molecular weight is 336 g/mol. The lowest BCUT2D eigenvalue weighted by Gasteiger charge is -2.31. The van der Waals surface area contributed by atoms with Crippen molar-refractivity contribution in [1.82, 2.24) is 14.3 Å². The summed E-state index contributed by atoms with van der Waals surface area (Å²) in [6.07, 6.45) is 6.62. The molecule has 1 saturated heterocycles. The molecule has 21 heavy (non-hydrogen) atoms. The van der Waals surface area contributed by atoms with Crippen molar-refractivity contribution in [3.05, 3.63) is 0 Å². The van der Waals surface area contributed by atoms with Crippen molar-refractivity contribution >= 4 is 22.0 Å². The Balaban J connectivity index is 1.69. The summed E-state index contributed by atoms with van der Waals surface area (Å²) in [4.78, 5) is 0. The molecule has 0 amide bonds. The first-order valence-corrected chi connectivity index (χ1v) is 10.8. The van der Waals surface area contributed by atoms with Crippen LogP contribution in [-0.4, -0.2) is 57.0 Å². The van der Waals surface area contributed by atoms with Crippen molar-refractivity contribution in [1.29, 1.82) is 0 Å². The van der Waals surface area contributed by atoms with Crippen molar-refractivity contribution in [2.45, 2.75) is 38.6 Å². The van der Waals surface area contributed by atoms with E-state index < -0.39 is 10.2 Å². The van der Waals surface area contributed by atoms with Gasteiger partial charge in [-0.25, -0.2) is 4.72 Å². The summed E-state index contributed by atoms with van der Waals surface area (Å²) < 4.78 is 28.9. The lowest BCUT2D eigenvalue weighted by molar-refractivity contribution is 0.264. The molecular formula is C14H29N3O2S2. The second-order valence-corrected chi connectivity index (χ2v) is 9.10. The highest BCUT2D eigenvalue weighted by atomic mass is 32.2. The molecule has 2 aliphatic rings. The summed E-state index contributed by atoms with van der Waals surface area (Å²) in [5, 5.41) is 3.55. The second-order valence-electron chi connectivity index (χ2n) is 6.44. The van der Waals surface area contributed by atoms with E-state index >= 15 is 0 Å². The molecule has 124 valence electrons. The molecule has 1 aliphatic heterocycles. The van der Waals surface area contributed by atoms with Crippen LogP contribution in [0.5, 0.6) is 0 Å². The first kappa shape index (κ1) is 17.5.